The molecule has 0 spiro atoms. The minimum absolute atomic E-state index is 0.442. The molecule has 0 aliphatic carbocycles. The maximum absolute atomic E-state index is 12.3. The van der Waals surface area contributed by atoms with Crippen LogP contribution in [-0.4, -0.2) is 23.9 Å². The number of alkyl halides is 6. The molecule has 0 amide bonds. The van der Waals surface area contributed by atoms with Crippen LogP contribution in [0, 0.1) is 0 Å². The van der Waals surface area contributed by atoms with Crippen LogP contribution < -0.4 is 9.84 Å². The maximum atomic E-state index is 12.3. The van der Waals surface area contributed by atoms with E-state index in [0.717, 1.165) is 12.1 Å². The fourth-order valence-corrected chi connectivity index (χ4v) is 1.34. The molecule has 1 rings (SSSR count). The molecule has 0 atom stereocenters. The van der Waals surface area contributed by atoms with E-state index in [2.05, 4.69) is 20.7 Å². The van der Waals surface area contributed by atoms with Gasteiger partial charge in [0, 0.05) is 4.47 Å². The second-order valence-electron chi connectivity index (χ2n) is 3.52. The van der Waals surface area contributed by atoms with E-state index >= 15 is 0 Å². The van der Waals surface area contributed by atoms with Crippen molar-refractivity contribution in [2.75, 3.05) is 0 Å². The highest BCUT2D eigenvalue weighted by Crippen LogP contribution is 2.41. The lowest BCUT2D eigenvalue weighted by atomic mass is 10.0. The van der Waals surface area contributed by atoms with Crippen LogP contribution in [-0.2, 0) is 4.79 Å². The SMILES string of the molecule is O=C(Oc1ccc(Br)cc1)C([O-])(C(F)(F)F)C(F)(F)F. The number of rotatable bonds is 2. The summed E-state index contributed by atoms with van der Waals surface area (Å²) in [5, 5.41) is 11.0. The second-order valence-corrected chi connectivity index (χ2v) is 4.44. The number of carbonyl (C=O) groups is 1. The number of carbonyl (C=O) groups excluding carboxylic acids is 1. The van der Waals surface area contributed by atoms with Gasteiger partial charge in [-0.3, -0.25) is 4.79 Å². The first-order chi connectivity index (χ1) is 8.89. The molecule has 20 heavy (non-hydrogen) atoms. The molecular weight excluding hydrogens is 362 g/mol. The van der Waals surface area contributed by atoms with E-state index in [1.54, 1.807) is 0 Å². The Bertz CT molecular complexity index is 479. The molecule has 10 heteroatoms. The highest BCUT2D eigenvalue weighted by molar-refractivity contribution is 9.10. The lowest BCUT2D eigenvalue weighted by Crippen LogP contribution is -2.72. The fraction of sp³-hybridized carbons (Fsp3) is 0.300. The fourth-order valence-electron chi connectivity index (χ4n) is 1.07. The summed E-state index contributed by atoms with van der Waals surface area (Å²) in [6, 6.07) is 4.26. The molecule has 0 saturated heterocycles. The largest absolute Gasteiger partial charge is 0.828 e. The molecule has 3 nitrogen and oxygen atoms in total. The summed E-state index contributed by atoms with van der Waals surface area (Å²) in [6.45, 7) is 0. The molecule has 1 aromatic carbocycles. The van der Waals surface area contributed by atoms with Gasteiger partial charge in [0.25, 0.3) is 0 Å². The van der Waals surface area contributed by atoms with Crippen LogP contribution in [0.25, 0.3) is 0 Å². The monoisotopic (exact) mass is 365 g/mol. The van der Waals surface area contributed by atoms with Crippen molar-refractivity contribution in [1.82, 2.24) is 0 Å². The first-order valence-electron chi connectivity index (χ1n) is 4.71. The van der Waals surface area contributed by atoms with Gasteiger partial charge in [-0.2, -0.15) is 26.3 Å². The molecule has 0 bridgehead atoms. The Kier molecular flexibility index (Phi) is 4.39. The number of hydrogen-bond donors (Lipinski definition) is 0. The Hall–Kier alpha value is -1.29. The number of esters is 1. The average molecular weight is 366 g/mol. The molecule has 1 aromatic rings. The van der Waals surface area contributed by atoms with Crippen molar-refractivity contribution < 1.29 is 41.0 Å². The van der Waals surface area contributed by atoms with Crippen molar-refractivity contribution in [1.29, 1.82) is 0 Å². The zero-order valence-electron chi connectivity index (χ0n) is 9.18. The van der Waals surface area contributed by atoms with E-state index in [4.69, 9.17) is 0 Å². The van der Waals surface area contributed by atoms with Crippen LogP contribution in [0.1, 0.15) is 0 Å². The Morgan fingerprint density at radius 3 is 1.75 bits per heavy atom. The summed E-state index contributed by atoms with van der Waals surface area (Å²) >= 11 is 2.95. The van der Waals surface area contributed by atoms with Crippen molar-refractivity contribution in [3.63, 3.8) is 0 Å². The van der Waals surface area contributed by atoms with Crippen molar-refractivity contribution in [3.8, 4) is 5.75 Å². The molecule has 0 saturated carbocycles. The van der Waals surface area contributed by atoms with Gasteiger partial charge in [-0.15, -0.1) is 0 Å². The van der Waals surface area contributed by atoms with Crippen molar-refractivity contribution >= 4 is 21.9 Å². The molecule has 0 aliphatic rings. The molecule has 112 valence electrons. The zero-order valence-corrected chi connectivity index (χ0v) is 10.8. The number of benzene rings is 1. The molecule has 0 N–H and O–H groups in total. The van der Waals surface area contributed by atoms with E-state index in [1.165, 1.54) is 12.1 Å². The van der Waals surface area contributed by atoms with Crippen LogP contribution in [0.2, 0.25) is 0 Å². The van der Waals surface area contributed by atoms with Crippen LogP contribution in [0.15, 0.2) is 28.7 Å². The second kappa shape index (κ2) is 5.24. The molecule has 0 aliphatic heterocycles. The first-order valence-corrected chi connectivity index (χ1v) is 5.50. The smallest absolute Gasteiger partial charge is 0.399 e. The van der Waals surface area contributed by atoms with Gasteiger partial charge in [0.1, 0.15) is 5.75 Å². The van der Waals surface area contributed by atoms with Gasteiger partial charge in [-0.1, -0.05) is 15.9 Å². The van der Waals surface area contributed by atoms with Crippen LogP contribution >= 0.6 is 15.9 Å². The Morgan fingerprint density at radius 1 is 1.00 bits per heavy atom. The van der Waals surface area contributed by atoms with Gasteiger partial charge < -0.3 is 9.84 Å². The summed E-state index contributed by atoms with van der Waals surface area (Å²) in [5.41, 5.74) is -5.84. The standard InChI is InChI=1S/C10H4BrF6O3/c11-5-1-3-6(4-2-5)20-7(18)8(19,9(12,13)14)10(15,16)17/h1-4H/q-1. The third kappa shape index (κ3) is 3.06. The molecule has 0 radical (unpaired) electrons. The summed E-state index contributed by atoms with van der Waals surface area (Å²) in [5.74, 6) is -3.60. The van der Waals surface area contributed by atoms with Crippen LogP contribution in [0.4, 0.5) is 26.3 Å². The third-order valence-electron chi connectivity index (χ3n) is 2.11. The maximum Gasteiger partial charge on any atom is 0.399 e. The normalized spacial score (nSPS) is 13.2. The predicted octanol–water partition coefficient (Wildman–Crippen LogP) is 2.58. The summed E-state index contributed by atoms with van der Waals surface area (Å²) < 4.78 is 78.0. The van der Waals surface area contributed by atoms with Crippen molar-refractivity contribution in [2.24, 2.45) is 0 Å². The van der Waals surface area contributed by atoms with Crippen molar-refractivity contribution in [3.05, 3.63) is 28.7 Å². The van der Waals surface area contributed by atoms with E-state index in [9.17, 15) is 36.2 Å². The topological polar surface area (TPSA) is 49.4 Å². The quantitative estimate of drug-likeness (QED) is 0.459. The number of hydrogen-bond acceptors (Lipinski definition) is 3. The van der Waals surface area contributed by atoms with Crippen molar-refractivity contribution in [2.45, 2.75) is 18.0 Å². The number of halogens is 7. The van der Waals surface area contributed by atoms with Gasteiger partial charge >= 0.3 is 18.3 Å². The van der Waals surface area contributed by atoms with Crippen LogP contribution in [0.5, 0.6) is 5.75 Å². The summed E-state index contributed by atoms with van der Waals surface area (Å²) in [4.78, 5) is 11.0. The van der Waals surface area contributed by atoms with E-state index < -0.39 is 29.7 Å². The minimum atomic E-state index is -6.38. The Balaban J connectivity index is 3.11. The summed E-state index contributed by atoms with van der Waals surface area (Å²) in [6.07, 6.45) is -12.8. The lowest BCUT2D eigenvalue weighted by molar-refractivity contribution is -0.573. The average Bonchev–Trinajstić information content (AvgIpc) is 2.28. The Morgan fingerprint density at radius 2 is 1.40 bits per heavy atom. The zero-order chi connectivity index (χ0) is 15.8. The van der Waals surface area contributed by atoms with Gasteiger partial charge in [0.15, 0.2) is 5.60 Å². The van der Waals surface area contributed by atoms with Gasteiger partial charge in [-0.05, 0) is 24.3 Å². The minimum Gasteiger partial charge on any atom is -0.828 e. The van der Waals surface area contributed by atoms with Gasteiger partial charge in [0.05, 0.1) is 0 Å². The molecule has 0 unspecified atom stereocenters. The number of ether oxygens (including phenoxy) is 1. The van der Waals surface area contributed by atoms with E-state index in [-0.39, 0.29) is 0 Å². The highest BCUT2D eigenvalue weighted by Gasteiger charge is 2.68. The van der Waals surface area contributed by atoms with Gasteiger partial charge in [0.2, 0.25) is 0 Å². The van der Waals surface area contributed by atoms with E-state index in [1.807, 2.05) is 0 Å². The van der Waals surface area contributed by atoms with Gasteiger partial charge in [-0.25, -0.2) is 0 Å². The highest BCUT2D eigenvalue weighted by atomic mass is 79.9. The third-order valence-corrected chi connectivity index (χ3v) is 2.64. The Labute approximate surface area is 116 Å². The van der Waals surface area contributed by atoms with Crippen LogP contribution in [0.3, 0.4) is 0 Å². The summed E-state index contributed by atoms with van der Waals surface area (Å²) in [7, 11) is 0. The predicted molar refractivity (Wildman–Crippen MR) is 54.6 cm³/mol. The molecular formula is C10H4BrF6O3-. The first kappa shape index (κ1) is 16.8. The lowest BCUT2D eigenvalue weighted by Gasteiger charge is -2.39. The molecule has 0 fully saturated rings. The molecule has 0 aromatic heterocycles. The molecule has 0 heterocycles. The van der Waals surface area contributed by atoms with E-state index in [0.29, 0.717) is 4.47 Å².